The topological polar surface area (TPSA) is 43.9 Å². The highest BCUT2D eigenvalue weighted by molar-refractivity contribution is 5.97. The van der Waals surface area contributed by atoms with E-state index in [9.17, 15) is 9.59 Å². The van der Waals surface area contributed by atoms with Gasteiger partial charge in [0.15, 0.2) is 0 Å². The second-order valence-electron chi connectivity index (χ2n) is 7.08. The molecule has 1 fully saturated rings. The van der Waals surface area contributed by atoms with Crippen molar-refractivity contribution >= 4 is 17.5 Å². The quantitative estimate of drug-likeness (QED) is 0.818. The van der Waals surface area contributed by atoms with E-state index in [0.29, 0.717) is 13.1 Å². The SMILES string of the molecule is CC(=O)N(CC(=O)N1CCN(Cc2ccccc2)CC1)c1ccc(C)cc1. The molecule has 1 heterocycles. The van der Waals surface area contributed by atoms with Crippen molar-refractivity contribution in [3.63, 3.8) is 0 Å². The highest BCUT2D eigenvalue weighted by Crippen LogP contribution is 2.16. The number of aryl methyl sites for hydroxylation is 1. The van der Waals surface area contributed by atoms with Crippen molar-refractivity contribution in [3.05, 3.63) is 65.7 Å². The fourth-order valence-electron chi connectivity index (χ4n) is 3.34. The number of anilines is 1. The molecule has 0 radical (unpaired) electrons. The summed E-state index contributed by atoms with van der Waals surface area (Å²) >= 11 is 0. The molecule has 2 aromatic carbocycles. The standard InChI is InChI=1S/C22H27N3O2/c1-18-8-10-21(11-9-18)25(19(2)26)17-22(27)24-14-12-23(13-15-24)16-20-6-4-3-5-7-20/h3-11H,12-17H2,1-2H3. The van der Waals surface area contributed by atoms with Crippen LogP contribution in [0.5, 0.6) is 0 Å². The Morgan fingerprint density at radius 2 is 1.56 bits per heavy atom. The number of carbonyl (C=O) groups excluding carboxylic acids is 2. The summed E-state index contributed by atoms with van der Waals surface area (Å²) in [7, 11) is 0. The first-order valence-corrected chi connectivity index (χ1v) is 9.42. The Morgan fingerprint density at radius 1 is 0.926 bits per heavy atom. The van der Waals surface area contributed by atoms with Gasteiger partial charge in [0.1, 0.15) is 6.54 Å². The molecule has 1 saturated heterocycles. The van der Waals surface area contributed by atoms with E-state index in [2.05, 4.69) is 29.2 Å². The maximum absolute atomic E-state index is 12.7. The third-order valence-electron chi connectivity index (χ3n) is 4.99. The molecule has 0 saturated carbocycles. The maximum Gasteiger partial charge on any atom is 0.242 e. The number of rotatable bonds is 5. The molecule has 0 bridgehead atoms. The zero-order valence-electron chi connectivity index (χ0n) is 16.1. The predicted octanol–water partition coefficient (Wildman–Crippen LogP) is 2.69. The Morgan fingerprint density at radius 3 is 2.15 bits per heavy atom. The molecular weight excluding hydrogens is 338 g/mol. The molecule has 1 aliphatic heterocycles. The molecule has 2 aromatic rings. The molecule has 142 valence electrons. The second-order valence-corrected chi connectivity index (χ2v) is 7.08. The molecule has 27 heavy (non-hydrogen) atoms. The average molecular weight is 365 g/mol. The van der Waals surface area contributed by atoms with Crippen molar-refractivity contribution in [1.82, 2.24) is 9.80 Å². The van der Waals surface area contributed by atoms with Crippen LogP contribution in [-0.2, 0) is 16.1 Å². The van der Waals surface area contributed by atoms with E-state index in [1.807, 2.05) is 42.2 Å². The largest absolute Gasteiger partial charge is 0.339 e. The van der Waals surface area contributed by atoms with Crippen molar-refractivity contribution in [2.45, 2.75) is 20.4 Å². The fourth-order valence-corrected chi connectivity index (χ4v) is 3.34. The maximum atomic E-state index is 12.7. The van der Waals surface area contributed by atoms with Crippen LogP contribution in [0.15, 0.2) is 54.6 Å². The number of piperazine rings is 1. The van der Waals surface area contributed by atoms with Gasteiger partial charge in [0.25, 0.3) is 0 Å². The first-order valence-electron chi connectivity index (χ1n) is 9.42. The summed E-state index contributed by atoms with van der Waals surface area (Å²) < 4.78 is 0. The monoisotopic (exact) mass is 365 g/mol. The van der Waals surface area contributed by atoms with Gasteiger partial charge in [-0.15, -0.1) is 0 Å². The molecule has 0 N–H and O–H groups in total. The Labute approximate surface area is 161 Å². The van der Waals surface area contributed by atoms with Crippen molar-refractivity contribution in [3.8, 4) is 0 Å². The fraction of sp³-hybridized carbons (Fsp3) is 0.364. The van der Waals surface area contributed by atoms with Crippen molar-refractivity contribution < 1.29 is 9.59 Å². The number of benzene rings is 2. The average Bonchev–Trinajstić information content (AvgIpc) is 2.68. The molecular formula is C22H27N3O2. The van der Waals surface area contributed by atoms with Gasteiger partial charge in [0.2, 0.25) is 11.8 Å². The molecule has 0 aromatic heterocycles. The lowest BCUT2D eigenvalue weighted by Crippen LogP contribution is -2.51. The lowest BCUT2D eigenvalue weighted by atomic mass is 10.2. The second kappa shape index (κ2) is 8.82. The van der Waals surface area contributed by atoms with Gasteiger partial charge in [-0.1, -0.05) is 48.0 Å². The summed E-state index contributed by atoms with van der Waals surface area (Å²) in [5, 5.41) is 0. The van der Waals surface area contributed by atoms with Crippen molar-refractivity contribution in [1.29, 1.82) is 0 Å². The normalized spacial score (nSPS) is 14.8. The minimum absolute atomic E-state index is 0.00476. The van der Waals surface area contributed by atoms with Crippen LogP contribution in [0.2, 0.25) is 0 Å². The van der Waals surface area contributed by atoms with Crippen LogP contribution in [0, 0.1) is 6.92 Å². The third-order valence-corrected chi connectivity index (χ3v) is 4.99. The van der Waals surface area contributed by atoms with Crippen LogP contribution in [0.25, 0.3) is 0 Å². The van der Waals surface area contributed by atoms with Gasteiger partial charge < -0.3 is 9.80 Å². The van der Waals surface area contributed by atoms with Crippen LogP contribution >= 0.6 is 0 Å². The molecule has 3 rings (SSSR count). The molecule has 5 heteroatoms. The van der Waals surface area contributed by atoms with Gasteiger partial charge in [0.05, 0.1) is 0 Å². The van der Waals surface area contributed by atoms with Gasteiger partial charge >= 0.3 is 0 Å². The lowest BCUT2D eigenvalue weighted by molar-refractivity contribution is -0.132. The van der Waals surface area contributed by atoms with Gasteiger partial charge in [-0.3, -0.25) is 14.5 Å². The molecule has 0 atom stereocenters. The molecule has 0 spiro atoms. The van der Waals surface area contributed by atoms with E-state index in [1.165, 1.54) is 12.5 Å². The summed E-state index contributed by atoms with van der Waals surface area (Å²) in [6.07, 6.45) is 0. The Balaban J connectivity index is 1.55. The zero-order valence-corrected chi connectivity index (χ0v) is 16.1. The third kappa shape index (κ3) is 5.17. The van der Waals surface area contributed by atoms with Gasteiger partial charge in [-0.2, -0.15) is 0 Å². The summed E-state index contributed by atoms with van der Waals surface area (Å²) in [6.45, 7) is 7.61. The summed E-state index contributed by atoms with van der Waals surface area (Å²) in [5.41, 5.74) is 3.19. The van der Waals surface area contributed by atoms with E-state index < -0.39 is 0 Å². The number of hydrogen-bond acceptors (Lipinski definition) is 3. The van der Waals surface area contributed by atoms with Crippen molar-refractivity contribution in [2.24, 2.45) is 0 Å². The summed E-state index contributed by atoms with van der Waals surface area (Å²) in [6, 6.07) is 18.1. The van der Waals surface area contributed by atoms with E-state index >= 15 is 0 Å². The number of carbonyl (C=O) groups is 2. The van der Waals surface area contributed by atoms with Crippen LogP contribution in [0.1, 0.15) is 18.1 Å². The summed E-state index contributed by atoms with van der Waals surface area (Å²) in [4.78, 5) is 30.6. The zero-order chi connectivity index (χ0) is 19.2. The Kier molecular flexibility index (Phi) is 6.24. The molecule has 0 unspecified atom stereocenters. The number of hydrogen-bond donors (Lipinski definition) is 0. The minimum Gasteiger partial charge on any atom is -0.339 e. The van der Waals surface area contributed by atoms with Gasteiger partial charge in [-0.05, 0) is 24.6 Å². The smallest absolute Gasteiger partial charge is 0.242 e. The van der Waals surface area contributed by atoms with E-state index in [-0.39, 0.29) is 18.4 Å². The van der Waals surface area contributed by atoms with Gasteiger partial charge in [-0.25, -0.2) is 0 Å². The molecule has 0 aliphatic carbocycles. The molecule has 2 amide bonds. The first-order chi connectivity index (χ1) is 13.0. The van der Waals surface area contributed by atoms with Gasteiger partial charge in [0, 0.05) is 45.3 Å². The number of nitrogens with zero attached hydrogens (tertiary/aromatic N) is 3. The van der Waals surface area contributed by atoms with Crippen LogP contribution < -0.4 is 4.90 Å². The Bertz CT molecular complexity index is 766. The first kappa shape index (κ1) is 19.1. The highest BCUT2D eigenvalue weighted by atomic mass is 16.2. The highest BCUT2D eigenvalue weighted by Gasteiger charge is 2.24. The predicted molar refractivity (Wildman–Crippen MR) is 108 cm³/mol. The van der Waals surface area contributed by atoms with Crippen molar-refractivity contribution in [2.75, 3.05) is 37.6 Å². The molecule has 1 aliphatic rings. The minimum atomic E-state index is -0.116. The van der Waals surface area contributed by atoms with E-state index in [4.69, 9.17) is 0 Å². The molecule has 5 nitrogen and oxygen atoms in total. The van der Waals surface area contributed by atoms with Crippen LogP contribution in [0.3, 0.4) is 0 Å². The Hall–Kier alpha value is -2.66. The van der Waals surface area contributed by atoms with E-state index in [0.717, 1.165) is 30.9 Å². The van der Waals surface area contributed by atoms with E-state index in [1.54, 1.807) is 4.90 Å². The number of amides is 2. The van der Waals surface area contributed by atoms with Crippen LogP contribution in [-0.4, -0.2) is 54.3 Å². The van der Waals surface area contributed by atoms with Crippen LogP contribution in [0.4, 0.5) is 5.69 Å². The summed E-state index contributed by atoms with van der Waals surface area (Å²) in [5.74, 6) is -0.111. The lowest BCUT2D eigenvalue weighted by Gasteiger charge is -2.35.